The summed E-state index contributed by atoms with van der Waals surface area (Å²) in [6.07, 6.45) is 2.93. The fourth-order valence-electron chi connectivity index (χ4n) is 3.94. The van der Waals surface area contributed by atoms with E-state index in [1.54, 1.807) is 13.8 Å². The van der Waals surface area contributed by atoms with E-state index >= 15 is 0 Å². The summed E-state index contributed by atoms with van der Waals surface area (Å²) in [7, 11) is -0.862. The molecule has 9 nitrogen and oxygen atoms in total. The van der Waals surface area contributed by atoms with E-state index in [4.69, 9.17) is 9.47 Å². The predicted octanol–water partition coefficient (Wildman–Crippen LogP) is 2.02. The third-order valence-corrected chi connectivity index (χ3v) is 6.50. The van der Waals surface area contributed by atoms with Crippen molar-refractivity contribution in [1.29, 1.82) is 0 Å². The van der Waals surface area contributed by atoms with E-state index in [-0.39, 0.29) is 22.9 Å². The zero-order chi connectivity index (χ0) is 24.3. The second kappa shape index (κ2) is 9.62. The molecular weight excluding hydrogens is 446 g/mol. The SMILES string of the molecule is COC(=O)C1=C(C)NC(C)=C(C(=O)OCCc2ccccc2)C1c1cnc(S(C)(=O)=O)n1C. The first-order chi connectivity index (χ1) is 15.6. The normalized spacial score (nSPS) is 16.5. The number of benzene rings is 1. The molecule has 1 aliphatic heterocycles. The first-order valence-electron chi connectivity index (χ1n) is 10.3. The maximum Gasteiger partial charge on any atom is 0.336 e. The van der Waals surface area contributed by atoms with Crippen LogP contribution in [0.1, 0.15) is 31.0 Å². The van der Waals surface area contributed by atoms with E-state index in [0.717, 1.165) is 11.8 Å². The maximum atomic E-state index is 13.2. The van der Waals surface area contributed by atoms with Crippen molar-refractivity contribution in [3.05, 3.63) is 70.3 Å². The molecule has 2 aromatic rings. The van der Waals surface area contributed by atoms with Crippen LogP contribution >= 0.6 is 0 Å². The minimum absolute atomic E-state index is 0.141. The standard InChI is InChI=1S/C23H27N3O6S/c1-14-18(21(27)31-4)20(17-13-24-23(26(17)3)33(5,29)30)19(15(2)25-14)22(28)32-12-11-16-9-7-6-8-10-16/h6-10,13,20,25H,11-12H2,1-5H3. The van der Waals surface area contributed by atoms with Crippen molar-refractivity contribution < 1.29 is 27.5 Å². The summed E-state index contributed by atoms with van der Waals surface area (Å²) in [6.45, 7) is 3.53. The van der Waals surface area contributed by atoms with E-state index in [0.29, 0.717) is 23.5 Å². The van der Waals surface area contributed by atoms with Gasteiger partial charge >= 0.3 is 11.9 Å². The number of sulfone groups is 1. The van der Waals surface area contributed by atoms with Crippen molar-refractivity contribution in [3.8, 4) is 0 Å². The van der Waals surface area contributed by atoms with Crippen LogP contribution in [-0.4, -0.2) is 49.9 Å². The van der Waals surface area contributed by atoms with Gasteiger partial charge in [-0.3, -0.25) is 0 Å². The van der Waals surface area contributed by atoms with E-state index in [1.165, 1.54) is 24.9 Å². The Morgan fingerprint density at radius 3 is 2.24 bits per heavy atom. The highest BCUT2D eigenvalue weighted by atomic mass is 32.2. The molecule has 0 fully saturated rings. The predicted molar refractivity (Wildman–Crippen MR) is 121 cm³/mol. The lowest BCUT2D eigenvalue weighted by atomic mass is 9.83. The second-order valence-corrected chi connectivity index (χ2v) is 9.70. The Labute approximate surface area is 193 Å². The molecular formula is C23H27N3O6S. The zero-order valence-corrected chi connectivity index (χ0v) is 20.0. The number of methoxy groups -OCH3 is 1. The monoisotopic (exact) mass is 473 g/mol. The van der Waals surface area contributed by atoms with Gasteiger partial charge in [0.15, 0.2) is 0 Å². The van der Waals surface area contributed by atoms with Crippen molar-refractivity contribution in [3.63, 3.8) is 0 Å². The minimum atomic E-state index is -3.63. The molecule has 1 unspecified atom stereocenters. The second-order valence-electron chi connectivity index (χ2n) is 7.80. The van der Waals surface area contributed by atoms with Gasteiger partial charge in [-0.1, -0.05) is 30.3 Å². The molecule has 1 aromatic heterocycles. The number of nitrogens with one attached hydrogen (secondary N) is 1. The Morgan fingerprint density at radius 2 is 1.70 bits per heavy atom. The van der Waals surface area contributed by atoms with Gasteiger partial charge in [0, 0.05) is 31.1 Å². The third kappa shape index (κ3) is 5.00. The van der Waals surface area contributed by atoms with Crippen LogP contribution < -0.4 is 5.32 Å². The fraction of sp³-hybridized carbons (Fsp3) is 0.348. The molecule has 1 aromatic carbocycles. The van der Waals surface area contributed by atoms with Gasteiger partial charge in [-0.25, -0.2) is 23.0 Å². The van der Waals surface area contributed by atoms with Crippen molar-refractivity contribution in [2.45, 2.75) is 31.3 Å². The van der Waals surface area contributed by atoms with Gasteiger partial charge in [-0.15, -0.1) is 0 Å². The molecule has 0 amide bonds. The number of hydrogen-bond donors (Lipinski definition) is 1. The van der Waals surface area contributed by atoms with Crippen LogP contribution in [0, 0.1) is 0 Å². The van der Waals surface area contributed by atoms with Crippen molar-refractivity contribution in [2.24, 2.45) is 7.05 Å². The number of aromatic nitrogens is 2. The molecule has 2 heterocycles. The van der Waals surface area contributed by atoms with Gasteiger partial charge < -0.3 is 19.4 Å². The molecule has 1 aliphatic rings. The molecule has 176 valence electrons. The molecule has 0 saturated heterocycles. The molecule has 33 heavy (non-hydrogen) atoms. The summed E-state index contributed by atoms with van der Waals surface area (Å²) in [5.74, 6) is -2.18. The highest BCUT2D eigenvalue weighted by molar-refractivity contribution is 7.90. The maximum absolute atomic E-state index is 13.2. The summed E-state index contributed by atoms with van der Waals surface area (Å²) in [4.78, 5) is 30.0. The highest BCUT2D eigenvalue weighted by Gasteiger charge is 2.40. The Kier molecular flexibility index (Phi) is 7.06. The molecule has 0 saturated carbocycles. The molecule has 0 bridgehead atoms. The van der Waals surface area contributed by atoms with Gasteiger partial charge in [0.2, 0.25) is 15.0 Å². The van der Waals surface area contributed by atoms with Crippen molar-refractivity contribution in [1.82, 2.24) is 14.9 Å². The number of hydrogen-bond acceptors (Lipinski definition) is 8. The lowest BCUT2D eigenvalue weighted by Gasteiger charge is -2.30. The fourth-order valence-corrected chi connectivity index (χ4v) is 4.79. The molecule has 0 spiro atoms. The smallest absolute Gasteiger partial charge is 0.336 e. The van der Waals surface area contributed by atoms with Crippen LogP contribution in [-0.2, 0) is 42.4 Å². The summed E-state index contributed by atoms with van der Waals surface area (Å²) < 4.78 is 36.2. The zero-order valence-electron chi connectivity index (χ0n) is 19.2. The number of carbonyl (C=O) groups excluding carboxylic acids is 2. The van der Waals surface area contributed by atoms with Crippen LogP contribution in [0.15, 0.2) is 64.2 Å². The topological polar surface area (TPSA) is 117 Å². The lowest BCUT2D eigenvalue weighted by molar-refractivity contribution is -0.139. The summed E-state index contributed by atoms with van der Waals surface area (Å²) in [5, 5.41) is 2.88. The number of carbonyl (C=O) groups is 2. The third-order valence-electron chi connectivity index (χ3n) is 5.46. The molecule has 0 radical (unpaired) electrons. The number of esters is 2. The minimum Gasteiger partial charge on any atom is -0.466 e. The number of imidazole rings is 1. The van der Waals surface area contributed by atoms with Crippen LogP contribution in [0.4, 0.5) is 0 Å². The van der Waals surface area contributed by atoms with Crippen molar-refractivity contribution in [2.75, 3.05) is 20.0 Å². The van der Waals surface area contributed by atoms with E-state index in [9.17, 15) is 18.0 Å². The average molecular weight is 474 g/mol. The first-order valence-corrected chi connectivity index (χ1v) is 12.1. The molecule has 10 heteroatoms. The first kappa shape index (κ1) is 24.2. The molecule has 1 atom stereocenters. The molecule has 0 aliphatic carbocycles. The van der Waals surface area contributed by atoms with Gasteiger partial charge in [0.25, 0.3) is 0 Å². The number of dihydropyridines is 1. The van der Waals surface area contributed by atoms with Crippen LogP contribution in [0.3, 0.4) is 0 Å². The van der Waals surface area contributed by atoms with Gasteiger partial charge in [0.1, 0.15) is 0 Å². The molecule has 1 N–H and O–H groups in total. The highest BCUT2D eigenvalue weighted by Crippen LogP contribution is 2.39. The number of nitrogens with zero attached hydrogens (tertiary/aromatic N) is 2. The van der Waals surface area contributed by atoms with E-state index < -0.39 is 27.7 Å². The lowest BCUT2D eigenvalue weighted by Crippen LogP contribution is -2.33. The van der Waals surface area contributed by atoms with Gasteiger partial charge in [0.05, 0.1) is 42.7 Å². The summed E-state index contributed by atoms with van der Waals surface area (Å²) >= 11 is 0. The van der Waals surface area contributed by atoms with Gasteiger partial charge in [-0.05, 0) is 19.4 Å². The Bertz CT molecular complexity index is 1240. The largest absolute Gasteiger partial charge is 0.466 e. The molecule has 3 rings (SSSR count). The van der Waals surface area contributed by atoms with Crippen LogP contribution in [0.25, 0.3) is 0 Å². The van der Waals surface area contributed by atoms with Gasteiger partial charge in [-0.2, -0.15) is 0 Å². The summed E-state index contributed by atoms with van der Waals surface area (Å²) in [6, 6.07) is 9.59. The quantitative estimate of drug-likeness (QED) is 0.607. The van der Waals surface area contributed by atoms with Crippen LogP contribution in [0.5, 0.6) is 0 Å². The summed E-state index contributed by atoms with van der Waals surface area (Å²) in [5.41, 5.74) is 2.73. The Hall–Kier alpha value is -3.40. The number of allylic oxidation sites excluding steroid dienone is 2. The number of ether oxygens (including phenoxy) is 2. The van der Waals surface area contributed by atoms with Crippen molar-refractivity contribution >= 4 is 21.8 Å². The number of rotatable bonds is 7. The van der Waals surface area contributed by atoms with E-state index in [1.807, 2.05) is 30.3 Å². The van der Waals surface area contributed by atoms with E-state index in [2.05, 4.69) is 10.3 Å². The Balaban J connectivity index is 2.01. The Morgan fingerprint density at radius 1 is 1.09 bits per heavy atom. The average Bonchev–Trinajstić information content (AvgIpc) is 3.14. The van der Waals surface area contributed by atoms with Crippen LogP contribution in [0.2, 0.25) is 0 Å².